The third kappa shape index (κ3) is 4.59. The van der Waals surface area contributed by atoms with Gasteiger partial charge in [-0.05, 0) is 36.8 Å². The molecule has 0 spiro atoms. The van der Waals surface area contributed by atoms with Gasteiger partial charge in [0.2, 0.25) is 11.5 Å². The minimum absolute atomic E-state index is 0.0465. The van der Waals surface area contributed by atoms with Crippen molar-refractivity contribution in [3.05, 3.63) is 79.9 Å². The lowest BCUT2D eigenvalue weighted by atomic mass is 10.1. The highest BCUT2D eigenvalue weighted by Gasteiger charge is 2.20. The fourth-order valence-electron chi connectivity index (χ4n) is 4.34. The molecular weight excluding hydrogens is 456 g/mol. The second kappa shape index (κ2) is 10.5. The van der Waals surface area contributed by atoms with Crippen LogP contribution in [0, 0.1) is 0 Å². The molecule has 190 valence electrons. The molecule has 0 aliphatic heterocycles. The van der Waals surface area contributed by atoms with E-state index in [-0.39, 0.29) is 23.0 Å². The highest BCUT2D eigenvalue weighted by molar-refractivity contribution is 5.60. The van der Waals surface area contributed by atoms with E-state index in [1.54, 1.807) is 24.8 Å². The first-order valence-corrected chi connectivity index (χ1v) is 12.7. The van der Waals surface area contributed by atoms with Crippen LogP contribution in [0.3, 0.4) is 0 Å². The maximum absolute atomic E-state index is 13.1. The Kier molecular flexibility index (Phi) is 7.43. The minimum atomic E-state index is -0.130. The van der Waals surface area contributed by atoms with Crippen molar-refractivity contribution in [1.29, 1.82) is 0 Å². The number of fused-ring (bicyclic) bond motifs is 2. The molecule has 0 aromatic carbocycles. The molecular formula is C28H34N4O4. The zero-order valence-corrected chi connectivity index (χ0v) is 21.9. The number of hydrogen-bond acceptors (Lipinski definition) is 6. The molecule has 36 heavy (non-hydrogen) atoms. The van der Waals surface area contributed by atoms with Gasteiger partial charge in [0, 0.05) is 47.0 Å². The average Bonchev–Trinajstić information content (AvgIpc) is 2.84. The van der Waals surface area contributed by atoms with Crippen LogP contribution in [0.1, 0.15) is 88.5 Å². The first kappa shape index (κ1) is 25.4. The molecule has 0 radical (unpaired) electrons. The SMILES string of the molecule is CCCc1ccn2c(=O)c(C(C)C)cnc2c1OOc1c(CCC)ccn2c(=O)c(C(C)C)cnc12. The highest BCUT2D eigenvalue weighted by Crippen LogP contribution is 2.30. The van der Waals surface area contributed by atoms with Gasteiger partial charge in [-0.1, -0.05) is 54.4 Å². The molecule has 0 bridgehead atoms. The Morgan fingerprint density at radius 3 is 1.44 bits per heavy atom. The lowest BCUT2D eigenvalue weighted by Gasteiger charge is -2.17. The van der Waals surface area contributed by atoms with Crippen LogP contribution in [0.5, 0.6) is 11.5 Å². The Morgan fingerprint density at radius 2 is 1.11 bits per heavy atom. The van der Waals surface area contributed by atoms with E-state index in [0.717, 1.165) is 36.8 Å². The van der Waals surface area contributed by atoms with Crippen LogP contribution in [-0.2, 0) is 12.8 Å². The molecule has 0 saturated heterocycles. The third-order valence-electron chi connectivity index (χ3n) is 6.37. The molecule has 8 nitrogen and oxygen atoms in total. The summed E-state index contributed by atoms with van der Waals surface area (Å²) in [6.07, 6.45) is 9.91. The van der Waals surface area contributed by atoms with Crippen LogP contribution >= 0.6 is 0 Å². The maximum Gasteiger partial charge on any atom is 0.261 e. The molecule has 0 N–H and O–H groups in total. The van der Waals surface area contributed by atoms with Gasteiger partial charge in [-0.25, -0.2) is 9.97 Å². The Bertz CT molecular complexity index is 1400. The Balaban J connectivity index is 1.86. The molecule has 8 heteroatoms. The zero-order valence-electron chi connectivity index (χ0n) is 21.9. The number of hydrogen-bond donors (Lipinski definition) is 0. The second-order valence-corrected chi connectivity index (χ2v) is 9.74. The summed E-state index contributed by atoms with van der Waals surface area (Å²) in [5.74, 6) is 0.866. The predicted octanol–water partition coefficient (Wildman–Crippen LogP) is 5.23. The molecule has 4 aromatic rings. The molecule has 0 saturated carbocycles. The molecule has 0 amide bonds. The van der Waals surface area contributed by atoms with Crippen molar-refractivity contribution >= 4 is 11.3 Å². The van der Waals surface area contributed by atoms with Crippen molar-refractivity contribution in [2.75, 3.05) is 0 Å². The van der Waals surface area contributed by atoms with Crippen molar-refractivity contribution < 1.29 is 9.78 Å². The summed E-state index contributed by atoms with van der Waals surface area (Å²) in [5.41, 5.74) is 3.54. The maximum atomic E-state index is 13.1. The van der Waals surface area contributed by atoms with Gasteiger partial charge in [0.15, 0.2) is 11.3 Å². The molecule has 0 atom stereocenters. The van der Waals surface area contributed by atoms with E-state index in [2.05, 4.69) is 23.8 Å². The van der Waals surface area contributed by atoms with Crippen LogP contribution in [0.2, 0.25) is 0 Å². The minimum Gasteiger partial charge on any atom is -0.285 e. The first-order chi connectivity index (χ1) is 17.3. The zero-order chi connectivity index (χ0) is 26.0. The van der Waals surface area contributed by atoms with E-state index >= 15 is 0 Å². The van der Waals surface area contributed by atoms with E-state index < -0.39 is 0 Å². The van der Waals surface area contributed by atoms with Gasteiger partial charge < -0.3 is 0 Å². The molecule has 0 unspecified atom stereocenters. The van der Waals surface area contributed by atoms with E-state index in [0.29, 0.717) is 33.9 Å². The molecule has 0 aliphatic rings. The second-order valence-electron chi connectivity index (χ2n) is 9.74. The van der Waals surface area contributed by atoms with Gasteiger partial charge in [-0.3, -0.25) is 28.2 Å². The summed E-state index contributed by atoms with van der Waals surface area (Å²) >= 11 is 0. The van der Waals surface area contributed by atoms with Gasteiger partial charge in [0.1, 0.15) is 0 Å². The first-order valence-electron chi connectivity index (χ1n) is 12.7. The number of aryl methyl sites for hydroxylation is 2. The van der Waals surface area contributed by atoms with Crippen molar-refractivity contribution in [3.63, 3.8) is 0 Å². The Labute approximate surface area is 210 Å². The lowest BCUT2D eigenvalue weighted by Crippen LogP contribution is -2.22. The van der Waals surface area contributed by atoms with Crippen molar-refractivity contribution in [3.8, 4) is 11.5 Å². The molecule has 4 aromatic heterocycles. The van der Waals surface area contributed by atoms with Crippen molar-refractivity contribution in [1.82, 2.24) is 18.8 Å². The highest BCUT2D eigenvalue weighted by atomic mass is 17.2. The van der Waals surface area contributed by atoms with Gasteiger partial charge in [0.05, 0.1) is 0 Å². The normalized spacial score (nSPS) is 11.7. The molecule has 4 rings (SSSR count). The summed E-state index contributed by atoms with van der Waals surface area (Å²) in [5, 5.41) is 0. The molecule has 4 heterocycles. The van der Waals surface area contributed by atoms with E-state index in [9.17, 15) is 9.59 Å². The molecule has 0 fully saturated rings. The number of pyridine rings is 2. The number of nitrogens with zero attached hydrogens (tertiary/aromatic N) is 4. The van der Waals surface area contributed by atoms with Crippen molar-refractivity contribution in [2.45, 2.75) is 79.1 Å². The van der Waals surface area contributed by atoms with Crippen LogP contribution in [-0.4, -0.2) is 18.8 Å². The smallest absolute Gasteiger partial charge is 0.261 e. The predicted molar refractivity (Wildman–Crippen MR) is 140 cm³/mol. The number of rotatable bonds is 9. The number of aromatic nitrogens is 4. The third-order valence-corrected chi connectivity index (χ3v) is 6.37. The Morgan fingerprint density at radius 1 is 0.722 bits per heavy atom. The largest absolute Gasteiger partial charge is 0.285 e. The standard InChI is InChI=1S/C28H34N4O4/c1-7-9-19-11-13-31-25(29-15-21(17(3)4)27(31)33)23(19)35-36-24-20(10-8-2)12-14-32-26(24)30-16-22(18(5)6)28(32)34/h11-18H,7-10H2,1-6H3. The van der Waals surface area contributed by atoms with Gasteiger partial charge in [0.25, 0.3) is 11.1 Å². The van der Waals surface area contributed by atoms with Gasteiger partial charge >= 0.3 is 0 Å². The monoisotopic (exact) mass is 490 g/mol. The van der Waals surface area contributed by atoms with E-state index in [1.165, 1.54) is 8.80 Å². The van der Waals surface area contributed by atoms with Crippen LogP contribution < -0.4 is 20.9 Å². The fraction of sp³-hybridized carbons (Fsp3) is 0.429. The van der Waals surface area contributed by atoms with Gasteiger partial charge in [-0.15, -0.1) is 0 Å². The fourth-order valence-corrected chi connectivity index (χ4v) is 4.34. The summed E-state index contributed by atoms with van der Waals surface area (Å²) in [6, 6.07) is 3.74. The van der Waals surface area contributed by atoms with Crippen LogP contribution in [0.25, 0.3) is 11.3 Å². The Hall–Kier alpha value is -3.68. The average molecular weight is 491 g/mol. The topological polar surface area (TPSA) is 87.2 Å². The summed E-state index contributed by atoms with van der Waals surface area (Å²) in [4.78, 5) is 47.3. The van der Waals surface area contributed by atoms with Crippen LogP contribution in [0.4, 0.5) is 0 Å². The quantitative estimate of drug-likeness (QED) is 0.236. The summed E-state index contributed by atoms with van der Waals surface area (Å²) in [7, 11) is 0. The molecule has 0 aliphatic carbocycles. The summed E-state index contributed by atoms with van der Waals surface area (Å²) in [6.45, 7) is 12.0. The van der Waals surface area contributed by atoms with E-state index in [1.807, 2.05) is 39.8 Å². The van der Waals surface area contributed by atoms with Crippen molar-refractivity contribution in [2.24, 2.45) is 0 Å². The lowest BCUT2D eigenvalue weighted by molar-refractivity contribution is -0.0995. The van der Waals surface area contributed by atoms with Crippen LogP contribution in [0.15, 0.2) is 46.5 Å². The summed E-state index contributed by atoms with van der Waals surface area (Å²) < 4.78 is 3.00. The van der Waals surface area contributed by atoms with Gasteiger partial charge in [-0.2, -0.15) is 0 Å². The van der Waals surface area contributed by atoms with E-state index in [4.69, 9.17) is 9.78 Å².